The first-order valence-electron chi connectivity index (χ1n) is 10.2. The van der Waals surface area contributed by atoms with E-state index in [-0.39, 0.29) is 17.6 Å². The largest absolute Gasteiger partial charge is 0.370 e. The van der Waals surface area contributed by atoms with Crippen molar-refractivity contribution in [2.45, 2.75) is 18.9 Å². The van der Waals surface area contributed by atoms with Crippen LogP contribution < -0.4 is 10.2 Å². The number of halogens is 1. The molecule has 2 amide bonds. The van der Waals surface area contributed by atoms with Gasteiger partial charge in [0.1, 0.15) is 11.9 Å². The second-order valence-corrected chi connectivity index (χ2v) is 8.30. The van der Waals surface area contributed by atoms with Crippen molar-refractivity contribution in [1.82, 2.24) is 10.2 Å². The minimum Gasteiger partial charge on any atom is -0.370 e. The predicted octanol–water partition coefficient (Wildman–Crippen LogP) is 3.42. The van der Waals surface area contributed by atoms with Gasteiger partial charge in [0, 0.05) is 37.4 Å². The fourth-order valence-electron chi connectivity index (χ4n) is 3.59. The SMILES string of the molecule is CSCCC(NC(=O)c1ccccc1)C(=O)N1CCCN(c2ccc(F)cc2)CC1. The Labute approximate surface area is 181 Å². The minimum atomic E-state index is -0.539. The lowest BCUT2D eigenvalue weighted by Crippen LogP contribution is -2.49. The second-order valence-electron chi connectivity index (χ2n) is 7.32. The normalized spacial score (nSPS) is 15.4. The molecule has 1 aliphatic rings. The fraction of sp³-hybridized carbons (Fsp3) is 0.391. The standard InChI is InChI=1S/C23H28FN3O2S/c1-30-17-12-21(25-22(28)18-6-3-2-4-7-18)23(29)27-14-5-13-26(15-16-27)20-10-8-19(24)9-11-20/h2-4,6-11,21H,5,12-17H2,1H3,(H,25,28). The predicted molar refractivity (Wildman–Crippen MR) is 121 cm³/mol. The Balaban J connectivity index is 1.64. The van der Waals surface area contributed by atoms with Gasteiger partial charge in [-0.05, 0) is 61.2 Å². The Morgan fingerprint density at radius 3 is 2.47 bits per heavy atom. The summed E-state index contributed by atoms with van der Waals surface area (Å²) in [5.41, 5.74) is 1.51. The topological polar surface area (TPSA) is 52.7 Å². The molecule has 7 heteroatoms. The van der Waals surface area contributed by atoms with Crippen molar-refractivity contribution in [3.63, 3.8) is 0 Å². The first-order chi connectivity index (χ1) is 14.6. The number of hydrogen-bond donors (Lipinski definition) is 1. The van der Waals surface area contributed by atoms with Gasteiger partial charge in [0.05, 0.1) is 0 Å². The highest BCUT2D eigenvalue weighted by Crippen LogP contribution is 2.18. The Morgan fingerprint density at radius 2 is 1.77 bits per heavy atom. The third kappa shape index (κ3) is 5.98. The zero-order valence-corrected chi connectivity index (χ0v) is 18.0. The third-order valence-electron chi connectivity index (χ3n) is 5.25. The average Bonchev–Trinajstić information content (AvgIpc) is 3.03. The molecule has 0 aliphatic carbocycles. The highest BCUT2D eigenvalue weighted by atomic mass is 32.2. The van der Waals surface area contributed by atoms with Crippen molar-refractivity contribution >= 4 is 29.3 Å². The van der Waals surface area contributed by atoms with Crippen LogP contribution in [0.15, 0.2) is 54.6 Å². The van der Waals surface area contributed by atoms with E-state index in [2.05, 4.69) is 10.2 Å². The molecule has 0 aromatic heterocycles. The molecule has 2 aromatic rings. The molecule has 1 aliphatic heterocycles. The van der Waals surface area contributed by atoms with Crippen molar-refractivity contribution in [2.75, 3.05) is 43.1 Å². The van der Waals surface area contributed by atoms with Crippen LogP contribution in [0.2, 0.25) is 0 Å². The highest BCUT2D eigenvalue weighted by molar-refractivity contribution is 7.98. The fourth-order valence-corrected chi connectivity index (χ4v) is 4.06. The number of hydrogen-bond acceptors (Lipinski definition) is 4. The number of amides is 2. The zero-order valence-electron chi connectivity index (χ0n) is 17.2. The van der Waals surface area contributed by atoms with Crippen molar-refractivity contribution in [1.29, 1.82) is 0 Å². The maximum Gasteiger partial charge on any atom is 0.251 e. The monoisotopic (exact) mass is 429 g/mol. The molecule has 1 N–H and O–H groups in total. The van der Waals surface area contributed by atoms with E-state index in [0.29, 0.717) is 31.6 Å². The van der Waals surface area contributed by atoms with Crippen LogP contribution in [-0.2, 0) is 4.79 Å². The van der Waals surface area contributed by atoms with E-state index in [1.807, 2.05) is 29.4 Å². The van der Waals surface area contributed by atoms with Crippen LogP contribution in [0.25, 0.3) is 0 Å². The molecule has 0 radical (unpaired) electrons. The second kappa shape index (κ2) is 11.0. The molecule has 1 saturated heterocycles. The van der Waals surface area contributed by atoms with Crippen LogP contribution in [0, 0.1) is 5.82 Å². The summed E-state index contributed by atoms with van der Waals surface area (Å²) in [6, 6.07) is 14.9. The van der Waals surface area contributed by atoms with Gasteiger partial charge in [0.15, 0.2) is 0 Å². The number of carbonyl (C=O) groups excluding carboxylic acids is 2. The van der Waals surface area contributed by atoms with E-state index in [1.165, 1.54) is 12.1 Å². The number of thioether (sulfide) groups is 1. The van der Waals surface area contributed by atoms with Gasteiger partial charge in [-0.3, -0.25) is 9.59 Å². The number of nitrogens with zero attached hydrogens (tertiary/aromatic N) is 2. The maximum absolute atomic E-state index is 13.2. The minimum absolute atomic E-state index is 0.0331. The molecule has 0 saturated carbocycles. The number of carbonyl (C=O) groups is 2. The highest BCUT2D eigenvalue weighted by Gasteiger charge is 2.27. The molecule has 160 valence electrons. The molecule has 5 nitrogen and oxygen atoms in total. The lowest BCUT2D eigenvalue weighted by atomic mass is 10.1. The quantitative estimate of drug-likeness (QED) is 0.733. The van der Waals surface area contributed by atoms with Crippen molar-refractivity contribution in [3.8, 4) is 0 Å². The van der Waals surface area contributed by atoms with Crippen LogP contribution >= 0.6 is 11.8 Å². The van der Waals surface area contributed by atoms with Crippen LogP contribution in [0.4, 0.5) is 10.1 Å². The Kier molecular flexibility index (Phi) is 8.13. The molecule has 30 heavy (non-hydrogen) atoms. The van der Waals surface area contributed by atoms with Crippen molar-refractivity contribution in [2.24, 2.45) is 0 Å². The van der Waals surface area contributed by atoms with E-state index in [1.54, 1.807) is 36.0 Å². The number of rotatable bonds is 7. The molecule has 1 fully saturated rings. The van der Waals surface area contributed by atoms with Crippen molar-refractivity contribution in [3.05, 3.63) is 66.0 Å². The molecular weight excluding hydrogens is 401 g/mol. The Hall–Kier alpha value is -2.54. The summed E-state index contributed by atoms with van der Waals surface area (Å²) in [6.07, 6.45) is 3.41. The molecule has 1 heterocycles. The molecule has 1 unspecified atom stereocenters. The van der Waals surface area contributed by atoms with Gasteiger partial charge in [-0.25, -0.2) is 4.39 Å². The molecule has 3 rings (SSSR count). The molecule has 0 spiro atoms. The van der Waals surface area contributed by atoms with Crippen LogP contribution in [0.1, 0.15) is 23.2 Å². The summed E-state index contributed by atoms with van der Waals surface area (Å²) in [5.74, 6) is 0.282. The summed E-state index contributed by atoms with van der Waals surface area (Å²) < 4.78 is 13.2. The van der Waals surface area contributed by atoms with Gasteiger partial charge in [-0.2, -0.15) is 11.8 Å². The first-order valence-corrected chi connectivity index (χ1v) is 11.6. The van der Waals surface area contributed by atoms with Crippen LogP contribution in [0.3, 0.4) is 0 Å². The van der Waals surface area contributed by atoms with Crippen LogP contribution in [-0.4, -0.2) is 60.9 Å². The number of benzene rings is 2. The van der Waals surface area contributed by atoms with E-state index < -0.39 is 6.04 Å². The van der Waals surface area contributed by atoms with Gasteiger partial charge in [0.25, 0.3) is 5.91 Å². The first kappa shape index (κ1) is 22.2. The van der Waals surface area contributed by atoms with Gasteiger partial charge < -0.3 is 15.1 Å². The third-order valence-corrected chi connectivity index (χ3v) is 5.89. The van der Waals surface area contributed by atoms with E-state index in [0.717, 1.165) is 24.4 Å². The number of nitrogens with one attached hydrogen (secondary N) is 1. The van der Waals surface area contributed by atoms with E-state index in [4.69, 9.17) is 0 Å². The lowest BCUT2D eigenvalue weighted by molar-refractivity contribution is -0.133. The molecule has 0 bridgehead atoms. The average molecular weight is 430 g/mol. The molecule has 2 aromatic carbocycles. The summed E-state index contributed by atoms with van der Waals surface area (Å²) >= 11 is 1.66. The Morgan fingerprint density at radius 1 is 1.03 bits per heavy atom. The smallest absolute Gasteiger partial charge is 0.251 e. The summed E-state index contributed by atoms with van der Waals surface area (Å²) in [7, 11) is 0. The lowest BCUT2D eigenvalue weighted by Gasteiger charge is -2.27. The number of anilines is 1. The van der Waals surface area contributed by atoms with E-state index >= 15 is 0 Å². The Bertz CT molecular complexity index is 832. The molecule has 1 atom stereocenters. The maximum atomic E-state index is 13.2. The summed E-state index contributed by atoms with van der Waals surface area (Å²) in [4.78, 5) is 29.9. The van der Waals surface area contributed by atoms with Gasteiger partial charge in [-0.1, -0.05) is 18.2 Å². The van der Waals surface area contributed by atoms with Gasteiger partial charge >= 0.3 is 0 Å². The zero-order chi connectivity index (χ0) is 21.3. The summed E-state index contributed by atoms with van der Waals surface area (Å²) in [6.45, 7) is 2.71. The molecular formula is C23H28FN3O2S. The van der Waals surface area contributed by atoms with Gasteiger partial charge in [0.2, 0.25) is 5.91 Å². The van der Waals surface area contributed by atoms with Crippen LogP contribution in [0.5, 0.6) is 0 Å². The van der Waals surface area contributed by atoms with Gasteiger partial charge in [-0.15, -0.1) is 0 Å². The summed E-state index contributed by atoms with van der Waals surface area (Å²) in [5, 5.41) is 2.94. The van der Waals surface area contributed by atoms with E-state index in [9.17, 15) is 14.0 Å². The van der Waals surface area contributed by atoms with Crippen molar-refractivity contribution < 1.29 is 14.0 Å².